The summed E-state index contributed by atoms with van der Waals surface area (Å²) in [5.74, 6) is -2.51. The maximum atomic E-state index is 12.7. The first kappa shape index (κ1) is 22.3. The summed E-state index contributed by atoms with van der Waals surface area (Å²) in [7, 11) is 0. The third-order valence-electron chi connectivity index (χ3n) is 6.27. The molecular formula is C27H22N2O6. The molecule has 1 heterocycles. The minimum Gasteiger partial charge on any atom is -0.449 e. The average Bonchev–Trinajstić information content (AvgIpc) is 3.33. The van der Waals surface area contributed by atoms with Crippen molar-refractivity contribution in [3.05, 3.63) is 95.1 Å². The topological polar surface area (TPSA) is 102 Å². The van der Waals surface area contributed by atoms with E-state index in [-0.39, 0.29) is 30.1 Å². The van der Waals surface area contributed by atoms with Crippen LogP contribution in [0.3, 0.4) is 0 Å². The van der Waals surface area contributed by atoms with Crippen LogP contribution < -0.4 is 5.32 Å². The molecule has 3 aromatic carbocycles. The van der Waals surface area contributed by atoms with Crippen LogP contribution in [0.15, 0.2) is 72.8 Å². The number of carbonyl (C=O) groups is 4. The Hall–Kier alpha value is -4.46. The Morgan fingerprint density at radius 2 is 1.31 bits per heavy atom. The van der Waals surface area contributed by atoms with Crippen molar-refractivity contribution in [1.82, 2.24) is 10.4 Å². The molecule has 1 N–H and O–H groups in total. The van der Waals surface area contributed by atoms with E-state index in [1.807, 2.05) is 48.5 Å². The zero-order valence-electron chi connectivity index (χ0n) is 18.9. The fourth-order valence-corrected chi connectivity index (χ4v) is 4.51. The van der Waals surface area contributed by atoms with Gasteiger partial charge in [-0.15, -0.1) is 0 Å². The van der Waals surface area contributed by atoms with E-state index < -0.39 is 29.9 Å². The number of rotatable bonds is 6. The number of hydroxylamine groups is 2. The molecule has 5 rings (SSSR count). The van der Waals surface area contributed by atoms with Crippen molar-refractivity contribution in [2.75, 3.05) is 6.61 Å². The molecule has 1 atom stereocenters. The molecule has 0 unspecified atom stereocenters. The van der Waals surface area contributed by atoms with Crippen LogP contribution in [0.2, 0.25) is 0 Å². The Kier molecular flexibility index (Phi) is 5.78. The highest BCUT2D eigenvalue weighted by Gasteiger charge is 2.40. The second-order valence-corrected chi connectivity index (χ2v) is 8.29. The first-order chi connectivity index (χ1) is 17.0. The fraction of sp³-hybridized carbons (Fsp3) is 0.185. The van der Waals surface area contributed by atoms with E-state index in [1.165, 1.54) is 12.1 Å². The number of hydrogen-bond donors (Lipinski definition) is 1. The van der Waals surface area contributed by atoms with E-state index in [2.05, 4.69) is 5.32 Å². The van der Waals surface area contributed by atoms with Crippen LogP contribution >= 0.6 is 0 Å². The van der Waals surface area contributed by atoms with Crippen molar-refractivity contribution in [2.45, 2.75) is 25.3 Å². The second-order valence-electron chi connectivity index (χ2n) is 8.29. The molecule has 8 heteroatoms. The van der Waals surface area contributed by atoms with Gasteiger partial charge in [0, 0.05) is 5.92 Å². The van der Waals surface area contributed by atoms with Gasteiger partial charge in [-0.05, 0) is 40.8 Å². The maximum absolute atomic E-state index is 12.7. The molecule has 0 saturated heterocycles. The minimum atomic E-state index is -1.10. The molecule has 1 aliphatic heterocycles. The molecular weight excluding hydrogens is 448 g/mol. The van der Waals surface area contributed by atoms with Gasteiger partial charge in [-0.1, -0.05) is 72.7 Å². The van der Waals surface area contributed by atoms with Crippen LogP contribution in [0, 0.1) is 0 Å². The summed E-state index contributed by atoms with van der Waals surface area (Å²) >= 11 is 0. The molecule has 1 aliphatic carbocycles. The molecule has 35 heavy (non-hydrogen) atoms. The van der Waals surface area contributed by atoms with E-state index in [1.54, 1.807) is 19.1 Å². The Labute approximate surface area is 201 Å². The van der Waals surface area contributed by atoms with Gasteiger partial charge in [0.1, 0.15) is 12.6 Å². The summed E-state index contributed by atoms with van der Waals surface area (Å²) < 4.78 is 5.48. The van der Waals surface area contributed by atoms with Crippen LogP contribution in [0.1, 0.15) is 51.1 Å². The number of ether oxygens (including phenoxy) is 1. The van der Waals surface area contributed by atoms with Crippen LogP contribution in [0.25, 0.3) is 11.1 Å². The van der Waals surface area contributed by atoms with Gasteiger partial charge in [0.2, 0.25) is 0 Å². The number of nitrogens with one attached hydrogen (secondary N) is 1. The minimum absolute atomic E-state index is 0.0871. The number of nitrogens with zero attached hydrogens (tertiary/aromatic N) is 1. The Morgan fingerprint density at radius 1 is 0.829 bits per heavy atom. The lowest BCUT2D eigenvalue weighted by atomic mass is 9.98. The predicted molar refractivity (Wildman–Crippen MR) is 125 cm³/mol. The van der Waals surface area contributed by atoms with Crippen molar-refractivity contribution < 1.29 is 28.8 Å². The van der Waals surface area contributed by atoms with Crippen LogP contribution in [0.5, 0.6) is 0 Å². The van der Waals surface area contributed by atoms with Gasteiger partial charge in [-0.3, -0.25) is 9.59 Å². The third-order valence-corrected chi connectivity index (χ3v) is 6.27. The number of benzene rings is 3. The third kappa shape index (κ3) is 3.93. The Balaban J connectivity index is 1.22. The number of hydrogen-bond acceptors (Lipinski definition) is 6. The molecule has 0 bridgehead atoms. The van der Waals surface area contributed by atoms with Crippen LogP contribution in [0.4, 0.5) is 4.79 Å². The normalized spacial score (nSPS) is 14.7. The summed E-state index contributed by atoms with van der Waals surface area (Å²) in [6, 6.07) is 21.0. The summed E-state index contributed by atoms with van der Waals surface area (Å²) in [5.41, 5.74) is 4.66. The number of fused-ring (bicyclic) bond motifs is 4. The zero-order chi connectivity index (χ0) is 24.5. The van der Waals surface area contributed by atoms with Gasteiger partial charge >= 0.3 is 12.1 Å². The average molecular weight is 470 g/mol. The first-order valence-corrected chi connectivity index (χ1v) is 11.3. The summed E-state index contributed by atoms with van der Waals surface area (Å²) in [6.45, 7) is 1.75. The largest absolute Gasteiger partial charge is 0.449 e. The number of carbonyl (C=O) groups excluding carboxylic acids is 4. The van der Waals surface area contributed by atoms with Gasteiger partial charge in [-0.25, -0.2) is 9.59 Å². The molecule has 176 valence electrons. The van der Waals surface area contributed by atoms with Gasteiger partial charge < -0.3 is 14.9 Å². The van der Waals surface area contributed by atoms with Gasteiger partial charge in [0.25, 0.3) is 11.8 Å². The summed E-state index contributed by atoms with van der Waals surface area (Å²) in [5, 5.41) is 2.90. The van der Waals surface area contributed by atoms with Crippen LogP contribution in [-0.4, -0.2) is 41.6 Å². The van der Waals surface area contributed by atoms with Crippen molar-refractivity contribution in [3.8, 4) is 11.1 Å². The van der Waals surface area contributed by atoms with E-state index in [9.17, 15) is 19.2 Å². The Morgan fingerprint density at radius 3 is 1.83 bits per heavy atom. The molecule has 2 aliphatic rings. The molecule has 0 saturated carbocycles. The SMILES string of the molecule is CC[C@@H](NC(=O)OCC1c2ccccc2-c2ccccc21)C(=O)ON1C(=O)c2ccccc2C1=O. The molecule has 3 aromatic rings. The fourth-order valence-electron chi connectivity index (χ4n) is 4.51. The number of amides is 3. The summed E-state index contributed by atoms with van der Waals surface area (Å²) in [4.78, 5) is 55.2. The second kappa shape index (κ2) is 9.06. The molecule has 0 fully saturated rings. The lowest BCUT2D eigenvalue weighted by Gasteiger charge is -2.20. The van der Waals surface area contributed by atoms with Crippen LogP contribution in [-0.2, 0) is 14.4 Å². The number of alkyl carbamates (subject to hydrolysis) is 1. The standard InChI is InChI=1S/C27H22N2O6/c1-2-23(26(32)35-29-24(30)20-13-7-8-14-21(20)25(29)31)28-27(33)34-15-22-18-11-5-3-9-16(18)17-10-4-6-12-19(17)22/h3-14,22-23H,2,15H2,1H3,(H,28,33)/t23-/m1/s1. The highest BCUT2D eigenvalue weighted by atomic mass is 16.7. The maximum Gasteiger partial charge on any atom is 0.407 e. The van der Waals surface area contributed by atoms with Gasteiger partial charge in [-0.2, -0.15) is 0 Å². The van der Waals surface area contributed by atoms with Gasteiger partial charge in [0.05, 0.1) is 11.1 Å². The smallest absolute Gasteiger partial charge is 0.407 e. The van der Waals surface area contributed by atoms with Crippen molar-refractivity contribution in [1.29, 1.82) is 0 Å². The molecule has 8 nitrogen and oxygen atoms in total. The highest BCUT2D eigenvalue weighted by molar-refractivity contribution is 6.20. The first-order valence-electron chi connectivity index (χ1n) is 11.3. The Bertz CT molecular complexity index is 1270. The van der Waals surface area contributed by atoms with Crippen molar-refractivity contribution in [2.24, 2.45) is 0 Å². The molecule has 3 amide bonds. The van der Waals surface area contributed by atoms with E-state index in [0.717, 1.165) is 22.3 Å². The summed E-state index contributed by atoms with van der Waals surface area (Å²) in [6.07, 6.45) is -0.621. The number of imide groups is 1. The van der Waals surface area contributed by atoms with Crippen molar-refractivity contribution in [3.63, 3.8) is 0 Å². The lowest BCUT2D eigenvalue weighted by molar-refractivity contribution is -0.171. The van der Waals surface area contributed by atoms with E-state index in [0.29, 0.717) is 5.06 Å². The molecule has 0 radical (unpaired) electrons. The zero-order valence-corrected chi connectivity index (χ0v) is 18.9. The monoisotopic (exact) mass is 470 g/mol. The molecule has 0 aromatic heterocycles. The quantitative estimate of drug-likeness (QED) is 0.545. The van der Waals surface area contributed by atoms with Crippen molar-refractivity contribution >= 4 is 23.9 Å². The van der Waals surface area contributed by atoms with Gasteiger partial charge in [0.15, 0.2) is 0 Å². The predicted octanol–water partition coefficient (Wildman–Crippen LogP) is 4.06. The van der Waals surface area contributed by atoms with E-state index >= 15 is 0 Å². The lowest BCUT2D eigenvalue weighted by Crippen LogP contribution is -2.45. The molecule has 0 spiro atoms. The van der Waals surface area contributed by atoms with E-state index in [4.69, 9.17) is 9.57 Å². The highest BCUT2D eigenvalue weighted by Crippen LogP contribution is 2.44.